The maximum Gasteiger partial charge on any atom is 0.167 e. The van der Waals surface area contributed by atoms with Crippen molar-refractivity contribution in [1.82, 2.24) is 0 Å². The summed E-state index contributed by atoms with van der Waals surface area (Å²) >= 11 is 15.3. The van der Waals surface area contributed by atoms with Crippen LogP contribution in [0.5, 0.6) is 0 Å². The molecule has 0 N–H and O–H groups in total. The largest absolute Gasteiger partial charge is 0.294 e. The van der Waals surface area contributed by atoms with E-state index in [-0.39, 0.29) is 5.78 Å². The summed E-state index contributed by atoms with van der Waals surface area (Å²) in [6, 6.07) is 9.17. The fourth-order valence-corrected chi connectivity index (χ4v) is 2.79. The second kappa shape index (κ2) is 6.30. The van der Waals surface area contributed by atoms with Gasteiger partial charge in [-0.25, -0.2) is 0 Å². The molecular weight excluding hydrogens is 359 g/mol. The molecule has 0 unspecified atom stereocenters. The number of rotatable bonds is 3. The number of hydrogen-bond donors (Lipinski definition) is 0. The van der Waals surface area contributed by atoms with Crippen LogP contribution < -0.4 is 0 Å². The Balaban J connectivity index is 2.28. The highest BCUT2D eigenvalue weighted by Gasteiger charge is 2.12. The van der Waals surface area contributed by atoms with Crippen LogP contribution in [0, 0.1) is 13.8 Å². The van der Waals surface area contributed by atoms with Crippen LogP contribution in [0.25, 0.3) is 0 Å². The Bertz CT molecular complexity index is 680. The van der Waals surface area contributed by atoms with E-state index in [1.54, 1.807) is 12.1 Å². The SMILES string of the molecule is Cc1cc(C(=O)Cc2ccc(Cl)c(Cl)c2)c(C)cc1Br. The lowest BCUT2D eigenvalue weighted by molar-refractivity contribution is 0.0992. The van der Waals surface area contributed by atoms with Gasteiger partial charge < -0.3 is 0 Å². The lowest BCUT2D eigenvalue weighted by Crippen LogP contribution is -2.06. The van der Waals surface area contributed by atoms with Crippen molar-refractivity contribution in [3.8, 4) is 0 Å². The van der Waals surface area contributed by atoms with Gasteiger partial charge >= 0.3 is 0 Å². The summed E-state index contributed by atoms with van der Waals surface area (Å²) in [5.41, 5.74) is 3.63. The molecule has 0 aliphatic carbocycles. The van der Waals surface area contributed by atoms with Crippen LogP contribution in [0.15, 0.2) is 34.8 Å². The number of halogens is 3. The molecule has 2 rings (SSSR count). The summed E-state index contributed by atoms with van der Waals surface area (Å²) in [5.74, 6) is 0.0801. The van der Waals surface area contributed by atoms with Crippen molar-refractivity contribution in [1.29, 1.82) is 0 Å². The normalized spacial score (nSPS) is 10.7. The Morgan fingerprint density at radius 1 is 1.05 bits per heavy atom. The van der Waals surface area contributed by atoms with Gasteiger partial charge in [-0.2, -0.15) is 0 Å². The predicted molar refractivity (Wildman–Crippen MR) is 88.1 cm³/mol. The average Bonchev–Trinajstić information content (AvgIpc) is 2.38. The summed E-state index contributed by atoms with van der Waals surface area (Å²) in [6.07, 6.45) is 0.318. The molecule has 0 aliphatic heterocycles. The van der Waals surface area contributed by atoms with Crippen LogP contribution in [0.4, 0.5) is 0 Å². The first-order valence-corrected chi connectivity index (χ1v) is 7.67. The predicted octanol–water partition coefficient (Wildman–Crippen LogP) is 5.80. The van der Waals surface area contributed by atoms with Crippen LogP contribution in [0.3, 0.4) is 0 Å². The van der Waals surface area contributed by atoms with Gasteiger partial charge in [0, 0.05) is 16.5 Å². The molecule has 104 valence electrons. The number of ketones is 1. The van der Waals surface area contributed by atoms with Crippen LogP contribution in [-0.2, 0) is 6.42 Å². The molecule has 0 radical (unpaired) electrons. The number of benzene rings is 2. The second-order valence-electron chi connectivity index (χ2n) is 4.76. The van der Waals surface area contributed by atoms with Gasteiger partial charge in [-0.1, -0.05) is 45.2 Å². The minimum absolute atomic E-state index is 0.0801. The van der Waals surface area contributed by atoms with Crippen molar-refractivity contribution in [3.05, 3.63) is 67.1 Å². The highest BCUT2D eigenvalue weighted by Crippen LogP contribution is 2.25. The first-order valence-electron chi connectivity index (χ1n) is 6.12. The van der Waals surface area contributed by atoms with E-state index in [1.165, 1.54) is 0 Å². The monoisotopic (exact) mass is 370 g/mol. The number of aryl methyl sites for hydroxylation is 2. The Hall–Kier alpha value is -0.830. The summed E-state index contributed by atoms with van der Waals surface area (Å²) in [5, 5.41) is 0.971. The van der Waals surface area contributed by atoms with E-state index in [9.17, 15) is 4.79 Å². The molecule has 0 bridgehead atoms. The topological polar surface area (TPSA) is 17.1 Å². The molecule has 0 saturated heterocycles. The Kier molecular flexibility index (Phi) is 4.90. The van der Waals surface area contributed by atoms with Crippen LogP contribution >= 0.6 is 39.1 Å². The molecule has 0 saturated carbocycles. The third-order valence-corrected chi connectivity index (χ3v) is 4.75. The Morgan fingerprint density at radius 2 is 1.75 bits per heavy atom. The van der Waals surface area contributed by atoms with Crippen LogP contribution in [0.1, 0.15) is 27.0 Å². The van der Waals surface area contributed by atoms with E-state index < -0.39 is 0 Å². The fourth-order valence-electron chi connectivity index (χ4n) is 2.01. The number of Topliss-reactive ketones (excluding diaryl/α,β-unsaturated/α-hetero) is 1. The standard InChI is InChI=1S/C16H13BrCl2O/c1-9-6-13(17)10(2)5-12(9)16(20)8-11-3-4-14(18)15(19)7-11/h3-7H,8H2,1-2H3. The second-order valence-corrected chi connectivity index (χ2v) is 6.43. The summed E-state index contributed by atoms with van der Waals surface area (Å²) < 4.78 is 1.01. The summed E-state index contributed by atoms with van der Waals surface area (Å²) in [7, 11) is 0. The molecule has 0 amide bonds. The van der Waals surface area contributed by atoms with Crippen molar-refractivity contribution < 1.29 is 4.79 Å². The van der Waals surface area contributed by atoms with Crippen molar-refractivity contribution >= 4 is 44.9 Å². The van der Waals surface area contributed by atoms with Crippen molar-refractivity contribution in [2.75, 3.05) is 0 Å². The third-order valence-electron chi connectivity index (χ3n) is 3.15. The molecule has 0 fully saturated rings. The van der Waals surface area contributed by atoms with Crippen LogP contribution in [-0.4, -0.2) is 5.78 Å². The maximum atomic E-state index is 12.4. The highest BCUT2D eigenvalue weighted by molar-refractivity contribution is 9.10. The zero-order chi connectivity index (χ0) is 14.9. The minimum atomic E-state index is 0.0801. The van der Waals surface area contributed by atoms with Gasteiger partial charge in [-0.15, -0.1) is 0 Å². The van der Waals surface area contributed by atoms with Gasteiger partial charge in [0.1, 0.15) is 0 Å². The molecule has 0 aromatic heterocycles. The molecule has 0 heterocycles. The van der Waals surface area contributed by atoms with E-state index in [1.807, 2.05) is 32.0 Å². The molecule has 2 aromatic carbocycles. The number of hydrogen-bond acceptors (Lipinski definition) is 1. The summed E-state index contributed by atoms with van der Waals surface area (Å²) in [4.78, 5) is 12.4. The number of carbonyl (C=O) groups is 1. The molecule has 0 spiro atoms. The highest BCUT2D eigenvalue weighted by atomic mass is 79.9. The van der Waals surface area contributed by atoms with Gasteiger partial charge in [-0.05, 0) is 54.8 Å². The van der Waals surface area contributed by atoms with E-state index in [2.05, 4.69) is 15.9 Å². The molecule has 4 heteroatoms. The average molecular weight is 372 g/mol. The Morgan fingerprint density at radius 3 is 2.40 bits per heavy atom. The lowest BCUT2D eigenvalue weighted by Gasteiger charge is -2.09. The molecule has 20 heavy (non-hydrogen) atoms. The van der Waals surface area contributed by atoms with Gasteiger partial charge in [0.05, 0.1) is 10.0 Å². The maximum absolute atomic E-state index is 12.4. The zero-order valence-electron chi connectivity index (χ0n) is 11.1. The molecular formula is C16H13BrCl2O. The van der Waals surface area contributed by atoms with E-state index >= 15 is 0 Å². The summed E-state index contributed by atoms with van der Waals surface area (Å²) in [6.45, 7) is 3.91. The van der Waals surface area contributed by atoms with E-state index in [0.717, 1.165) is 26.7 Å². The third kappa shape index (κ3) is 3.43. The van der Waals surface area contributed by atoms with Crippen molar-refractivity contribution in [3.63, 3.8) is 0 Å². The smallest absolute Gasteiger partial charge is 0.167 e. The number of carbonyl (C=O) groups excluding carboxylic acids is 1. The lowest BCUT2D eigenvalue weighted by atomic mass is 9.97. The van der Waals surface area contributed by atoms with Gasteiger partial charge in [0.2, 0.25) is 0 Å². The minimum Gasteiger partial charge on any atom is -0.294 e. The van der Waals surface area contributed by atoms with Crippen molar-refractivity contribution in [2.45, 2.75) is 20.3 Å². The van der Waals surface area contributed by atoms with Crippen molar-refractivity contribution in [2.24, 2.45) is 0 Å². The fraction of sp³-hybridized carbons (Fsp3) is 0.188. The first-order chi connectivity index (χ1) is 9.38. The van der Waals surface area contributed by atoms with E-state index in [4.69, 9.17) is 23.2 Å². The zero-order valence-corrected chi connectivity index (χ0v) is 14.2. The molecule has 1 nitrogen and oxygen atoms in total. The van der Waals surface area contributed by atoms with Gasteiger partial charge in [0.15, 0.2) is 5.78 Å². The van der Waals surface area contributed by atoms with E-state index in [0.29, 0.717) is 16.5 Å². The first kappa shape index (κ1) is 15.6. The molecule has 0 atom stereocenters. The van der Waals surface area contributed by atoms with Crippen LogP contribution in [0.2, 0.25) is 10.0 Å². The Labute approximate surface area is 137 Å². The quantitative estimate of drug-likeness (QED) is 0.623. The molecule has 0 aliphatic rings. The molecule has 2 aromatic rings. The van der Waals surface area contributed by atoms with Gasteiger partial charge in [-0.3, -0.25) is 4.79 Å². The van der Waals surface area contributed by atoms with Gasteiger partial charge in [0.25, 0.3) is 0 Å².